The van der Waals surface area contributed by atoms with Gasteiger partial charge in [0.15, 0.2) is 5.97 Å². The van der Waals surface area contributed by atoms with E-state index in [1.807, 2.05) is 0 Å². The number of methoxy groups -OCH3 is 1. The van der Waals surface area contributed by atoms with Gasteiger partial charge in [-0.1, -0.05) is 0 Å². The van der Waals surface area contributed by atoms with E-state index >= 15 is 0 Å². The molecular formula is C5H9O2Y+2. The summed E-state index contributed by atoms with van der Waals surface area (Å²) in [7, 11) is 1.37. The normalized spacial score (nSPS) is 6.88. The van der Waals surface area contributed by atoms with E-state index in [4.69, 9.17) is 0 Å². The predicted molar refractivity (Wildman–Crippen MR) is 26.6 cm³/mol. The van der Waals surface area contributed by atoms with Crippen molar-refractivity contribution in [3.8, 4) is 0 Å². The van der Waals surface area contributed by atoms with Gasteiger partial charge in [-0.2, -0.15) is 13.8 Å². The van der Waals surface area contributed by atoms with Gasteiger partial charge in [-0.15, -0.1) is 0 Å². The molecule has 0 aliphatic heterocycles. The fourth-order valence-electron chi connectivity index (χ4n) is 0.204. The van der Waals surface area contributed by atoms with E-state index in [-0.39, 0.29) is 38.7 Å². The molecule has 0 aromatic rings. The molecule has 2 nitrogen and oxygen atoms in total. The molecule has 0 aromatic carbocycles. The van der Waals surface area contributed by atoms with Gasteiger partial charge >= 0.3 is 32.7 Å². The van der Waals surface area contributed by atoms with Crippen molar-refractivity contribution in [2.24, 2.45) is 0 Å². The number of esters is 1. The minimum Gasteiger partial charge on any atom is -0.491 e. The Morgan fingerprint density at radius 3 is 1.88 bits per heavy atom. The molecular weight excluding hydrogens is 181 g/mol. The summed E-state index contributed by atoms with van der Waals surface area (Å²) in [6.07, 6.45) is 0. The Balaban J connectivity index is 0. The zero-order valence-electron chi connectivity index (χ0n) is 5.39. The first-order valence-corrected chi connectivity index (χ1v) is 2.07. The van der Waals surface area contributed by atoms with Gasteiger partial charge in [0.2, 0.25) is 0 Å². The molecule has 8 heavy (non-hydrogen) atoms. The molecule has 0 aliphatic rings. The zero-order valence-corrected chi connectivity index (χ0v) is 8.23. The fourth-order valence-corrected chi connectivity index (χ4v) is 0.204. The van der Waals surface area contributed by atoms with E-state index in [1.165, 1.54) is 7.11 Å². The largest absolute Gasteiger partial charge is 3.00 e. The molecule has 42 valence electrons. The van der Waals surface area contributed by atoms with Gasteiger partial charge < -0.3 is 4.74 Å². The van der Waals surface area contributed by atoms with Crippen molar-refractivity contribution in [3.05, 3.63) is 5.92 Å². The van der Waals surface area contributed by atoms with Crippen molar-refractivity contribution >= 4 is 5.97 Å². The molecule has 0 N–H and O–H groups in total. The standard InChI is InChI=1S/C5H9O2.Y/c1-4(2)5(6)7-3;/h1-3H3;/q-1;+3. The van der Waals surface area contributed by atoms with Crippen molar-refractivity contribution in [1.29, 1.82) is 0 Å². The molecule has 0 spiro atoms. The summed E-state index contributed by atoms with van der Waals surface area (Å²) in [4.78, 5) is 10.3. The van der Waals surface area contributed by atoms with Crippen LogP contribution >= 0.6 is 0 Å². The molecule has 0 rings (SSSR count). The van der Waals surface area contributed by atoms with Crippen molar-refractivity contribution in [1.82, 2.24) is 0 Å². The molecule has 0 radical (unpaired) electrons. The molecule has 0 amide bonds. The zero-order chi connectivity index (χ0) is 5.86. The third-order valence-corrected chi connectivity index (χ3v) is 0.594. The van der Waals surface area contributed by atoms with E-state index in [9.17, 15) is 4.79 Å². The van der Waals surface area contributed by atoms with Crippen LogP contribution in [0, 0.1) is 5.92 Å². The van der Waals surface area contributed by atoms with Crippen molar-refractivity contribution in [2.75, 3.05) is 7.11 Å². The third-order valence-electron chi connectivity index (χ3n) is 0.594. The van der Waals surface area contributed by atoms with Gasteiger partial charge in [-0.25, -0.2) is 0 Å². The van der Waals surface area contributed by atoms with Crippen LogP contribution in [0.1, 0.15) is 13.8 Å². The number of carbonyl (C=O) groups is 1. The van der Waals surface area contributed by atoms with E-state index in [2.05, 4.69) is 4.74 Å². The van der Waals surface area contributed by atoms with Crippen molar-refractivity contribution < 1.29 is 42.2 Å². The first kappa shape index (κ1) is 11.3. The Morgan fingerprint density at radius 2 is 1.88 bits per heavy atom. The van der Waals surface area contributed by atoms with E-state index < -0.39 is 0 Å². The Kier molecular flexibility index (Phi) is 7.86. The molecule has 0 aliphatic carbocycles. The molecule has 0 atom stereocenters. The van der Waals surface area contributed by atoms with Crippen LogP contribution in [-0.2, 0) is 42.2 Å². The number of hydrogen-bond acceptors (Lipinski definition) is 2. The van der Waals surface area contributed by atoms with Crippen molar-refractivity contribution in [2.45, 2.75) is 13.8 Å². The Hall–Kier alpha value is 0.444. The quantitative estimate of drug-likeness (QED) is 0.451. The van der Waals surface area contributed by atoms with Gasteiger partial charge in [0.1, 0.15) is 0 Å². The second-order valence-corrected chi connectivity index (χ2v) is 1.49. The van der Waals surface area contributed by atoms with Crippen LogP contribution < -0.4 is 0 Å². The van der Waals surface area contributed by atoms with Crippen molar-refractivity contribution in [3.63, 3.8) is 0 Å². The van der Waals surface area contributed by atoms with Crippen LogP contribution in [0.5, 0.6) is 0 Å². The van der Waals surface area contributed by atoms with Crippen LogP contribution in [0.3, 0.4) is 0 Å². The summed E-state index contributed by atoms with van der Waals surface area (Å²) in [5.41, 5.74) is 0. The number of hydrogen-bond donors (Lipinski definition) is 0. The average Bonchev–Trinajstić information content (AvgIpc) is 1.65. The minimum absolute atomic E-state index is 0. The molecule has 0 fully saturated rings. The van der Waals surface area contributed by atoms with Crippen LogP contribution in [0.25, 0.3) is 0 Å². The van der Waals surface area contributed by atoms with Gasteiger partial charge in [0, 0.05) is 0 Å². The second kappa shape index (κ2) is 5.58. The molecule has 0 heterocycles. The molecule has 0 aromatic heterocycles. The first-order chi connectivity index (χ1) is 3.18. The first-order valence-electron chi connectivity index (χ1n) is 2.07. The van der Waals surface area contributed by atoms with E-state index in [1.54, 1.807) is 13.8 Å². The van der Waals surface area contributed by atoms with Gasteiger partial charge in [-0.3, -0.25) is 10.7 Å². The van der Waals surface area contributed by atoms with E-state index in [0.717, 1.165) is 0 Å². The topological polar surface area (TPSA) is 26.3 Å². The monoisotopic (exact) mass is 190 g/mol. The summed E-state index contributed by atoms with van der Waals surface area (Å²) in [6, 6.07) is 0. The van der Waals surface area contributed by atoms with Gasteiger partial charge in [-0.05, 0) is 0 Å². The maximum absolute atomic E-state index is 10.3. The second-order valence-electron chi connectivity index (χ2n) is 1.49. The molecule has 0 bridgehead atoms. The summed E-state index contributed by atoms with van der Waals surface area (Å²) < 4.78 is 4.34. The summed E-state index contributed by atoms with van der Waals surface area (Å²) in [5.74, 6) is 0.447. The van der Waals surface area contributed by atoms with Crippen LogP contribution in [0.4, 0.5) is 0 Å². The van der Waals surface area contributed by atoms with Crippen LogP contribution in [-0.4, -0.2) is 13.1 Å². The average molecular weight is 190 g/mol. The van der Waals surface area contributed by atoms with Gasteiger partial charge in [0.05, 0.1) is 7.11 Å². The Labute approximate surface area is 74.9 Å². The summed E-state index contributed by atoms with van der Waals surface area (Å²) in [5, 5.41) is 0. The Bertz CT molecular complexity index is 70.8. The predicted octanol–water partition coefficient (Wildman–Crippen LogP) is 0.771. The number of carbonyl (C=O) groups excluding carboxylic acids is 1. The maximum atomic E-state index is 10.3. The van der Waals surface area contributed by atoms with Gasteiger partial charge in [0.25, 0.3) is 0 Å². The minimum atomic E-state index is -0.236. The van der Waals surface area contributed by atoms with Crippen LogP contribution in [0.2, 0.25) is 0 Å². The number of ether oxygens (including phenoxy) is 1. The SMILES string of the molecule is COC(=O)[C-](C)C.[Y+3]. The third kappa shape index (κ3) is 4.60. The summed E-state index contributed by atoms with van der Waals surface area (Å²) >= 11 is 0. The molecule has 0 saturated heterocycles. The fraction of sp³-hybridized carbons (Fsp3) is 0.600. The smallest absolute Gasteiger partial charge is 0.491 e. The van der Waals surface area contributed by atoms with Crippen LogP contribution in [0.15, 0.2) is 0 Å². The summed E-state index contributed by atoms with van der Waals surface area (Å²) in [6.45, 7) is 3.43. The Morgan fingerprint density at radius 1 is 1.50 bits per heavy atom. The number of rotatable bonds is 1. The molecule has 0 saturated carbocycles. The molecule has 0 unspecified atom stereocenters. The maximum Gasteiger partial charge on any atom is 3.00 e. The molecule has 3 heteroatoms. The van der Waals surface area contributed by atoms with E-state index in [0.29, 0.717) is 5.92 Å².